The molecule has 1 aliphatic heterocycles. The number of piperazine rings is 1. The summed E-state index contributed by atoms with van der Waals surface area (Å²) in [5.41, 5.74) is 1.71. The van der Waals surface area contributed by atoms with Crippen LogP contribution in [0.25, 0.3) is 0 Å². The molecule has 29 heavy (non-hydrogen) atoms. The third-order valence-electron chi connectivity index (χ3n) is 5.07. The first-order valence-electron chi connectivity index (χ1n) is 9.68. The zero-order valence-corrected chi connectivity index (χ0v) is 16.4. The van der Waals surface area contributed by atoms with Crippen molar-refractivity contribution in [1.29, 1.82) is 0 Å². The third kappa shape index (κ3) is 4.39. The van der Waals surface area contributed by atoms with Crippen molar-refractivity contribution in [2.75, 3.05) is 48.4 Å². The van der Waals surface area contributed by atoms with Crippen LogP contribution in [-0.2, 0) is 6.54 Å². The van der Waals surface area contributed by atoms with Crippen LogP contribution in [0.4, 0.5) is 21.8 Å². The number of aromatic nitrogens is 2. The summed E-state index contributed by atoms with van der Waals surface area (Å²) in [7, 11) is 1.70. The van der Waals surface area contributed by atoms with Crippen LogP contribution < -0.4 is 19.9 Å². The number of anilines is 3. The van der Waals surface area contributed by atoms with Crippen LogP contribution in [0.5, 0.6) is 5.75 Å². The van der Waals surface area contributed by atoms with Gasteiger partial charge in [-0.15, -0.1) is 0 Å². The van der Waals surface area contributed by atoms with Crippen molar-refractivity contribution in [3.05, 3.63) is 72.2 Å². The highest BCUT2D eigenvalue weighted by atomic mass is 19.1. The van der Waals surface area contributed by atoms with Crippen LogP contribution in [-0.4, -0.2) is 43.3 Å². The smallest absolute Gasteiger partial charge is 0.224 e. The molecule has 1 saturated heterocycles. The highest BCUT2D eigenvalue weighted by Crippen LogP contribution is 2.29. The summed E-state index contributed by atoms with van der Waals surface area (Å²) in [6.07, 6.45) is 1.73. The van der Waals surface area contributed by atoms with Crippen molar-refractivity contribution < 1.29 is 9.13 Å². The fourth-order valence-corrected chi connectivity index (χ4v) is 3.49. The molecule has 3 aromatic rings. The Labute approximate surface area is 170 Å². The monoisotopic (exact) mass is 393 g/mol. The van der Waals surface area contributed by atoms with Crippen molar-refractivity contribution in [2.45, 2.75) is 6.54 Å². The summed E-state index contributed by atoms with van der Waals surface area (Å²) in [5, 5.41) is 3.12. The molecule has 0 bridgehead atoms. The second-order valence-corrected chi connectivity index (χ2v) is 6.83. The summed E-state index contributed by atoms with van der Waals surface area (Å²) in [5.74, 6) is 2.03. The molecule has 2 aromatic carbocycles. The number of methoxy groups -OCH3 is 1. The molecule has 150 valence electrons. The molecule has 0 unspecified atom stereocenters. The second kappa shape index (κ2) is 8.77. The first kappa shape index (κ1) is 19.0. The Bertz CT molecular complexity index is 959. The number of ether oxygens (including phenoxy) is 1. The van der Waals surface area contributed by atoms with Gasteiger partial charge in [0.25, 0.3) is 0 Å². The second-order valence-electron chi connectivity index (χ2n) is 6.83. The van der Waals surface area contributed by atoms with E-state index in [1.54, 1.807) is 25.4 Å². The predicted octanol–water partition coefficient (Wildman–Crippen LogP) is 3.56. The van der Waals surface area contributed by atoms with E-state index in [2.05, 4.69) is 31.2 Å². The van der Waals surface area contributed by atoms with E-state index in [0.717, 1.165) is 43.4 Å². The van der Waals surface area contributed by atoms with Crippen LogP contribution in [0, 0.1) is 5.82 Å². The zero-order chi connectivity index (χ0) is 20.1. The van der Waals surface area contributed by atoms with Gasteiger partial charge in [0, 0.05) is 44.5 Å². The van der Waals surface area contributed by atoms with Gasteiger partial charge in [0.2, 0.25) is 5.95 Å². The maximum atomic E-state index is 13.8. The van der Waals surface area contributed by atoms with Crippen molar-refractivity contribution in [1.82, 2.24) is 9.97 Å². The van der Waals surface area contributed by atoms with E-state index in [1.807, 2.05) is 30.3 Å². The molecule has 1 fully saturated rings. The Balaban J connectivity index is 1.39. The highest BCUT2D eigenvalue weighted by molar-refractivity contribution is 5.59. The number of nitrogens with one attached hydrogen (secondary N) is 1. The molecule has 1 N–H and O–H groups in total. The Hall–Kier alpha value is -3.35. The lowest BCUT2D eigenvalue weighted by Gasteiger charge is -2.37. The fraction of sp³-hybridized carbons (Fsp3) is 0.273. The van der Waals surface area contributed by atoms with Crippen LogP contribution in [0.1, 0.15) is 5.56 Å². The average Bonchev–Trinajstić information content (AvgIpc) is 2.79. The van der Waals surface area contributed by atoms with Crippen molar-refractivity contribution in [3.63, 3.8) is 0 Å². The Morgan fingerprint density at radius 3 is 2.48 bits per heavy atom. The van der Waals surface area contributed by atoms with E-state index >= 15 is 0 Å². The molecule has 0 saturated carbocycles. The lowest BCUT2D eigenvalue weighted by molar-refractivity contribution is 0.413. The van der Waals surface area contributed by atoms with Gasteiger partial charge in [-0.1, -0.05) is 30.3 Å². The van der Waals surface area contributed by atoms with Gasteiger partial charge in [-0.05, 0) is 24.3 Å². The van der Waals surface area contributed by atoms with Crippen LogP contribution in [0.3, 0.4) is 0 Å². The van der Waals surface area contributed by atoms with Gasteiger partial charge in [0.15, 0.2) is 0 Å². The molecule has 0 spiro atoms. The van der Waals surface area contributed by atoms with Gasteiger partial charge in [-0.25, -0.2) is 9.37 Å². The molecule has 4 rings (SSSR count). The fourth-order valence-electron chi connectivity index (χ4n) is 3.49. The van der Waals surface area contributed by atoms with Crippen LogP contribution >= 0.6 is 0 Å². The van der Waals surface area contributed by atoms with E-state index < -0.39 is 0 Å². The molecule has 1 aliphatic rings. The third-order valence-corrected chi connectivity index (χ3v) is 5.07. The van der Waals surface area contributed by atoms with Crippen LogP contribution in [0.15, 0.2) is 60.8 Å². The molecule has 7 heteroatoms. The number of hydrogen-bond donors (Lipinski definition) is 1. The molecule has 6 nitrogen and oxygen atoms in total. The summed E-state index contributed by atoms with van der Waals surface area (Å²) in [6.45, 7) is 3.80. The van der Waals surface area contributed by atoms with E-state index in [9.17, 15) is 4.39 Å². The normalized spacial score (nSPS) is 14.0. The molecule has 2 heterocycles. The number of hydrogen-bond acceptors (Lipinski definition) is 6. The van der Waals surface area contributed by atoms with E-state index in [4.69, 9.17) is 4.74 Å². The van der Waals surface area contributed by atoms with Crippen molar-refractivity contribution in [3.8, 4) is 5.75 Å². The Kier molecular flexibility index (Phi) is 5.74. The molecule has 1 aromatic heterocycles. The van der Waals surface area contributed by atoms with E-state index in [0.29, 0.717) is 18.1 Å². The quantitative estimate of drug-likeness (QED) is 0.691. The van der Waals surface area contributed by atoms with E-state index in [-0.39, 0.29) is 5.82 Å². The van der Waals surface area contributed by atoms with Crippen LogP contribution in [0.2, 0.25) is 0 Å². The molecule has 0 atom stereocenters. The van der Waals surface area contributed by atoms with Gasteiger partial charge in [0.1, 0.15) is 17.4 Å². The number of benzene rings is 2. The Morgan fingerprint density at radius 2 is 1.69 bits per heavy atom. The minimum atomic E-state index is -0.233. The lowest BCUT2D eigenvalue weighted by Crippen LogP contribution is -2.47. The minimum Gasteiger partial charge on any atom is -0.495 e. The van der Waals surface area contributed by atoms with Gasteiger partial charge in [-0.3, -0.25) is 0 Å². The number of para-hydroxylation sites is 2. The largest absolute Gasteiger partial charge is 0.495 e. The predicted molar refractivity (Wildman–Crippen MR) is 113 cm³/mol. The van der Waals surface area contributed by atoms with Crippen molar-refractivity contribution in [2.24, 2.45) is 0 Å². The summed E-state index contributed by atoms with van der Waals surface area (Å²) in [4.78, 5) is 13.4. The highest BCUT2D eigenvalue weighted by Gasteiger charge is 2.20. The average molecular weight is 393 g/mol. The van der Waals surface area contributed by atoms with Crippen molar-refractivity contribution >= 4 is 17.5 Å². The summed E-state index contributed by atoms with van der Waals surface area (Å²) in [6, 6.07) is 16.7. The molecule has 0 aliphatic carbocycles. The van der Waals surface area contributed by atoms with Gasteiger partial charge >= 0.3 is 0 Å². The number of halogens is 1. The molecule has 0 radical (unpaired) electrons. The topological polar surface area (TPSA) is 53.5 Å². The summed E-state index contributed by atoms with van der Waals surface area (Å²) >= 11 is 0. The maximum absolute atomic E-state index is 13.8. The minimum absolute atomic E-state index is 0.233. The lowest BCUT2D eigenvalue weighted by atomic mass is 10.2. The number of nitrogens with zero attached hydrogens (tertiary/aromatic N) is 4. The van der Waals surface area contributed by atoms with E-state index in [1.165, 1.54) is 6.07 Å². The first-order valence-corrected chi connectivity index (χ1v) is 9.68. The molecular weight excluding hydrogens is 369 g/mol. The number of rotatable bonds is 6. The van der Waals surface area contributed by atoms with Gasteiger partial charge in [0.05, 0.1) is 12.8 Å². The first-order chi connectivity index (χ1) is 14.2. The molecule has 0 amide bonds. The maximum Gasteiger partial charge on any atom is 0.224 e. The molecular formula is C22H24FN5O. The standard InChI is InChI=1S/C22H24FN5O/c1-29-20-9-5-4-8-19(20)27-12-14-28(15-13-27)21-10-11-24-22(26-21)25-16-17-6-2-3-7-18(17)23/h2-11H,12-16H2,1H3,(H,24,25,26). The SMILES string of the molecule is COc1ccccc1N1CCN(c2ccnc(NCc3ccccc3F)n2)CC1. The van der Waals surface area contributed by atoms with Gasteiger partial charge in [-0.2, -0.15) is 4.98 Å². The van der Waals surface area contributed by atoms with Gasteiger partial charge < -0.3 is 19.9 Å². The zero-order valence-electron chi connectivity index (χ0n) is 16.4. The summed E-state index contributed by atoms with van der Waals surface area (Å²) < 4.78 is 19.3. The Morgan fingerprint density at radius 1 is 0.966 bits per heavy atom.